The van der Waals surface area contributed by atoms with Crippen molar-refractivity contribution in [3.05, 3.63) is 47.9 Å². The third-order valence-electron chi connectivity index (χ3n) is 4.27. The number of rotatable bonds is 5. The van der Waals surface area contributed by atoms with Crippen molar-refractivity contribution in [1.82, 2.24) is 9.88 Å². The van der Waals surface area contributed by atoms with E-state index in [-0.39, 0.29) is 17.3 Å². The maximum atomic E-state index is 13.8. The molecule has 1 fully saturated rings. The van der Waals surface area contributed by atoms with E-state index in [1.807, 2.05) is 11.0 Å². The molecule has 9 heteroatoms. The van der Waals surface area contributed by atoms with Crippen molar-refractivity contribution in [1.29, 1.82) is 0 Å². The average molecular weight is 385 g/mol. The molecule has 2 aromatic rings. The molecule has 5 nitrogen and oxygen atoms in total. The lowest BCUT2D eigenvalue weighted by Gasteiger charge is -2.35. The summed E-state index contributed by atoms with van der Waals surface area (Å²) in [5.74, 6) is 0.0812. The van der Waals surface area contributed by atoms with E-state index in [0.29, 0.717) is 25.5 Å². The molecule has 146 valence electrons. The Morgan fingerprint density at radius 2 is 1.81 bits per heavy atom. The fourth-order valence-corrected chi connectivity index (χ4v) is 2.96. The number of ether oxygens (including phenoxy) is 2. The molecule has 0 unspecified atom stereocenters. The molecule has 2 heterocycles. The Labute approximate surface area is 154 Å². The molecular formula is C18H19F4N3O2. The number of methoxy groups -OCH3 is 1. The van der Waals surface area contributed by atoms with Crippen LogP contribution in [-0.4, -0.2) is 49.5 Å². The average Bonchev–Trinajstić information content (AvgIpc) is 2.62. The van der Waals surface area contributed by atoms with Crippen LogP contribution in [0.25, 0.3) is 0 Å². The van der Waals surface area contributed by atoms with Crippen LogP contribution in [0, 0.1) is 5.82 Å². The number of alkyl halides is 3. The predicted molar refractivity (Wildman–Crippen MR) is 91.4 cm³/mol. The first-order valence-electron chi connectivity index (χ1n) is 8.35. The minimum atomic E-state index is -4.73. The van der Waals surface area contributed by atoms with Crippen LogP contribution in [-0.2, 0) is 6.54 Å². The summed E-state index contributed by atoms with van der Waals surface area (Å²) in [7, 11) is 1.42. The fraction of sp³-hybridized carbons (Fsp3) is 0.389. The molecule has 1 saturated heterocycles. The van der Waals surface area contributed by atoms with Crippen LogP contribution in [0.1, 0.15) is 5.56 Å². The second kappa shape index (κ2) is 7.99. The van der Waals surface area contributed by atoms with Gasteiger partial charge in [0.25, 0.3) is 0 Å². The Kier molecular flexibility index (Phi) is 5.69. The smallest absolute Gasteiger partial charge is 0.494 e. The number of nitrogens with zero attached hydrogens (tertiary/aromatic N) is 3. The van der Waals surface area contributed by atoms with Gasteiger partial charge in [-0.25, -0.2) is 9.37 Å². The van der Waals surface area contributed by atoms with Crippen LogP contribution in [0.15, 0.2) is 36.5 Å². The highest BCUT2D eigenvalue weighted by molar-refractivity contribution is 5.41. The summed E-state index contributed by atoms with van der Waals surface area (Å²) in [5, 5.41) is 0. The van der Waals surface area contributed by atoms with E-state index in [1.165, 1.54) is 25.3 Å². The quantitative estimate of drug-likeness (QED) is 0.737. The second-order valence-corrected chi connectivity index (χ2v) is 6.13. The molecule has 1 aromatic heterocycles. The van der Waals surface area contributed by atoms with Crippen molar-refractivity contribution < 1.29 is 27.0 Å². The number of benzene rings is 1. The predicted octanol–water partition coefficient (Wildman–Crippen LogP) is 3.45. The zero-order valence-electron chi connectivity index (χ0n) is 14.7. The molecule has 0 N–H and O–H groups in total. The molecule has 0 atom stereocenters. The van der Waals surface area contributed by atoms with Gasteiger partial charge in [-0.2, -0.15) is 0 Å². The first-order chi connectivity index (χ1) is 12.8. The first-order valence-corrected chi connectivity index (χ1v) is 8.35. The number of halogens is 4. The summed E-state index contributed by atoms with van der Waals surface area (Å²) in [6.45, 7) is 3.42. The maximum Gasteiger partial charge on any atom is 0.573 e. The lowest BCUT2D eigenvalue weighted by atomic mass is 10.2. The molecule has 1 aliphatic rings. The minimum absolute atomic E-state index is 0.215. The van der Waals surface area contributed by atoms with Crippen LogP contribution in [0.3, 0.4) is 0 Å². The van der Waals surface area contributed by atoms with Gasteiger partial charge in [0, 0.05) is 32.7 Å². The maximum absolute atomic E-state index is 13.8. The van der Waals surface area contributed by atoms with E-state index >= 15 is 0 Å². The van der Waals surface area contributed by atoms with Gasteiger partial charge in [-0.05, 0) is 29.8 Å². The van der Waals surface area contributed by atoms with E-state index in [1.54, 1.807) is 6.07 Å². The largest absolute Gasteiger partial charge is 0.573 e. The van der Waals surface area contributed by atoms with Gasteiger partial charge >= 0.3 is 6.36 Å². The summed E-state index contributed by atoms with van der Waals surface area (Å²) >= 11 is 0. The molecule has 1 aliphatic heterocycles. The number of pyridine rings is 1. The topological polar surface area (TPSA) is 37.8 Å². The zero-order valence-corrected chi connectivity index (χ0v) is 14.7. The Balaban J connectivity index is 1.53. The summed E-state index contributed by atoms with van der Waals surface area (Å²) in [5.41, 5.74) is 0.855. The van der Waals surface area contributed by atoms with Gasteiger partial charge in [0.05, 0.1) is 13.3 Å². The summed E-state index contributed by atoms with van der Waals surface area (Å²) in [4.78, 5) is 8.21. The third kappa shape index (κ3) is 5.22. The van der Waals surface area contributed by atoms with Crippen LogP contribution >= 0.6 is 0 Å². The molecular weight excluding hydrogens is 366 g/mol. The molecule has 0 amide bonds. The van der Waals surface area contributed by atoms with Crippen molar-refractivity contribution >= 4 is 5.82 Å². The molecule has 0 aliphatic carbocycles. The third-order valence-corrected chi connectivity index (χ3v) is 4.27. The number of aromatic nitrogens is 1. The highest BCUT2D eigenvalue weighted by atomic mass is 19.4. The Hall–Kier alpha value is -2.55. The lowest BCUT2D eigenvalue weighted by Crippen LogP contribution is -2.46. The Bertz CT molecular complexity index is 760. The fourth-order valence-electron chi connectivity index (χ4n) is 2.96. The van der Waals surface area contributed by atoms with Crippen molar-refractivity contribution in [3.63, 3.8) is 0 Å². The van der Waals surface area contributed by atoms with Crippen LogP contribution < -0.4 is 14.4 Å². The minimum Gasteiger partial charge on any atom is -0.494 e. The number of hydrogen-bond acceptors (Lipinski definition) is 5. The van der Waals surface area contributed by atoms with Crippen LogP contribution in [0.2, 0.25) is 0 Å². The van der Waals surface area contributed by atoms with Crippen LogP contribution in [0.4, 0.5) is 23.4 Å². The molecule has 1 aromatic carbocycles. The van der Waals surface area contributed by atoms with Gasteiger partial charge in [0.2, 0.25) is 0 Å². The Morgan fingerprint density at radius 1 is 1.07 bits per heavy atom. The van der Waals surface area contributed by atoms with Crippen molar-refractivity contribution in [2.24, 2.45) is 0 Å². The van der Waals surface area contributed by atoms with Crippen molar-refractivity contribution in [3.8, 4) is 11.5 Å². The van der Waals surface area contributed by atoms with E-state index in [9.17, 15) is 17.6 Å². The molecule has 0 saturated carbocycles. The van der Waals surface area contributed by atoms with E-state index < -0.39 is 6.36 Å². The number of piperazine rings is 1. The van der Waals surface area contributed by atoms with Gasteiger partial charge in [0.15, 0.2) is 11.6 Å². The van der Waals surface area contributed by atoms with Gasteiger partial charge in [0.1, 0.15) is 11.6 Å². The van der Waals surface area contributed by atoms with Gasteiger partial charge < -0.3 is 14.4 Å². The lowest BCUT2D eigenvalue weighted by molar-refractivity contribution is -0.274. The molecule has 3 rings (SSSR count). The summed E-state index contributed by atoms with van der Waals surface area (Å²) in [6, 6.07) is 7.66. The number of anilines is 1. The highest BCUT2D eigenvalue weighted by Gasteiger charge is 2.31. The molecule has 0 radical (unpaired) electrons. The monoisotopic (exact) mass is 385 g/mol. The SMILES string of the molecule is COc1ccc(CN2CCN(c3ccc(OC(F)(F)F)cn3)CC2)cc1F. The zero-order chi connectivity index (χ0) is 19.4. The summed E-state index contributed by atoms with van der Waals surface area (Å²) in [6.07, 6.45) is -3.66. The van der Waals surface area contributed by atoms with Gasteiger partial charge in [-0.1, -0.05) is 6.07 Å². The van der Waals surface area contributed by atoms with E-state index in [4.69, 9.17) is 4.74 Å². The highest BCUT2D eigenvalue weighted by Crippen LogP contribution is 2.24. The van der Waals surface area contributed by atoms with E-state index in [2.05, 4.69) is 14.6 Å². The number of hydrogen-bond donors (Lipinski definition) is 0. The van der Waals surface area contributed by atoms with Crippen molar-refractivity contribution in [2.75, 3.05) is 38.2 Å². The van der Waals surface area contributed by atoms with Crippen LogP contribution in [0.5, 0.6) is 11.5 Å². The molecule has 0 spiro atoms. The molecule has 27 heavy (non-hydrogen) atoms. The second-order valence-electron chi connectivity index (χ2n) is 6.13. The standard InChI is InChI=1S/C18H19F4N3O2/c1-26-16-4-2-13(10-15(16)19)12-24-6-8-25(9-7-24)17-5-3-14(11-23-17)27-18(20,21)22/h2-5,10-11H,6-9,12H2,1H3. The summed E-state index contributed by atoms with van der Waals surface area (Å²) < 4.78 is 59.1. The molecule has 0 bridgehead atoms. The van der Waals surface area contributed by atoms with Gasteiger partial charge in [-0.3, -0.25) is 4.90 Å². The first kappa shape index (κ1) is 19.2. The van der Waals surface area contributed by atoms with E-state index in [0.717, 1.165) is 24.8 Å². The van der Waals surface area contributed by atoms with Gasteiger partial charge in [-0.15, -0.1) is 13.2 Å². The Morgan fingerprint density at radius 3 is 2.37 bits per heavy atom. The normalized spacial score (nSPS) is 15.7. The van der Waals surface area contributed by atoms with Crippen molar-refractivity contribution in [2.45, 2.75) is 12.9 Å².